The number of H-pyrrole nitrogens is 1. The number of para-hydroxylation sites is 1. The van der Waals surface area contributed by atoms with Gasteiger partial charge in [0, 0.05) is 11.3 Å². The van der Waals surface area contributed by atoms with Gasteiger partial charge in [-0.25, -0.2) is 10.4 Å². The molecule has 0 aliphatic rings. The Morgan fingerprint density at radius 1 is 1.14 bits per heavy atom. The second kappa shape index (κ2) is 7.24. The molecule has 0 spiro atoms. The molecule has 0 aliphatic carbocycles. The topological polar surface area (TPSA) is 92.1 Å². The van der Waals surface area contributed by atoms with Crippen LogP contribution in [0.3, 0.4) is 0 Å². The van der Waals surface area contributed by atoms with Crippen molar-refractivity contribution in [3.05, 3.63) is 81.8 Å². The highest BCUT2D eigenvalue weighted by Gasteiger charge is 2.17. The predicted molar refractivity (Wildman–Crippen MR) is 110 cm³/mol. The first-order valence-electron chi connectivity index (χ1n) is 8.62. The molecule has 2 aromatic heterocycles. The SMILES string of the molecule is CC(=NNC(=O)c1ccccc1)c1c(C)[nH]n(-c2nc3ccccc3s2)c1=O. The summed E-state index contributed by atoms with van der Waals surface area (Å²) in [6.45, 7) is 3.48. The van der Waals surface area contributed by atoms with Crippen molar-refractivity contribution in [2.75, 3.05) is 0 Å². The van der Waals surface area contributed by atoms with E-state index >= 15 is 0 Å². The Hall–Kier alpha value is -3.52. The maximum atomic E-state index is 12.9. The summed E-state index contributed by atoms with van der Waals surface area (Å²) < 4.78 is 2.41. The molecule has 28 heavy (non-hydrogen) atoms. The van der Waals surface area contributed by atoms with Crippen molar-refractivity contribution < 1.29 is 4.79 Å². The van der Waals surface area contributed by atoms with Crippen LogP contribution in [0.15, 0.2) is 64.5 Å². The molecule has 4 aromatic rings. The van der Waals surface area contributed by atoms with Crippen LogP contribution in [0.4, 0.5) is 0 Å². The number of rotatable bonds is 4. The lowest BCUT2D eigenvalue weighted by atomic mass is 10.2. The quantitative estimate of drug-likeness (QED) is 0.413. The molecule has 0 saturated carbocycles. The van der Waals surface area contributed by atoms with Crippen LogP contribution in [-0.2, 0) is 0 Å². The van der Waals surface area contributed by atoms with Crippen LogP contribution in [0.1, 0.15) is 28.5 Å². The number of carbonyl (C=O) groups is 1. The van der Waals surface area contributed by atoms with E-state index in [1.165, 1.54) is 16.0 Å². The number of hydrogen-bond acceptors (Lipinski definition) is 5. The van der Waals surface area contributed by atoms with Gasteiger partial charge in [-0.05, 0) is 38.1 Å². The normalized spacial score (nSPS) is 11.7. The minimum atomic E-state index is -0.334. The highest BCUT2D eigenvalue weighted by atomic mass is 32.1. The van der Waals surface area contributed by atoms with Crippen molar-refractivity contribution in [2.24, 2.45) is 5.10 Å². The molecule has 0 aliphatic heterocycles. The first-order chi connectivity index (χ1) is 13.5. The molecule has 8 heteroatoms. The number of aromatic nitrogens is 3. The van der Waals surface area contributed by atoms with Gasteiger partial charge >= 0.3 is 0 Å². The van der Waals surface area contributed by atoms with E-state index in [0.29, 0.717) is 27.7 Å². The summed E-state index contributed by atoms with van der Waals surface area (Å²) in [7, 11) is 0. The van der Waals surface area contributed by atoms with Gasteiger partial charge in [0.15, 0.2) is 0 Å². The van der Waals surface area contributed by atoms with E-state index in [2.05, 4.69) is 20.6 Å². The molecule has 2 aromatic carbocycles. The summed E-state index contributed by atoms with van der Waals surface area (Å²) in [4.78, 5) is 29.6. The molecule has 1 amide bonds. The Morgan fingerprint density at radius 3 is 2.61 bits per heavy atom. The molecule has 2 N–H and O–H groups in total. The number of aromatic amines is 1. The number of benzene rings is 2. The van der Waals surface area contributed by atoms with Crippen molar-refractivity contribution in [1.29, 1.82) is 0 Å². The first kappa shape index (κ1) is 17.9. The molecule has 140 valence electrons. The van der Waals surface area contributed by atoms with Crippen molar-refractivity contribution in [1.82, 2.24) is 20.2 Å². The van der Waals surface area contributed by atoms with Crippen LogP contribution < -0.4 is 11.0 Å². The van der Waals surface area contributed by atoms with E-state index < -0.39 is 0 Å². The summed E-state index contributed by atoms with van der Waals surface area (Å²) in [5.41, 5.74) is 5.05. The van der Waals surface area contributed by atoms with Gasteiger partial charge in [-0.1, -0.05) is 41.7 Å². The third-order valence-corrected chi connectivity index (χ3v) is 5.29. The second-order valence-electron chi connectivity index (χ2n) is 6.22. The van der Waals surface area contributed by atoms with Gasteiger partial charge in [-0.3, -0.25) is 14.7 Å². The average molecular weight is 391 g/mol. The number of fused-ring (bicyclic) bond motifs is 1. The molecule has 0 atom stereocenters. The summed E-state index contributed by atoms with van der Waals surface area (Å²) in [5, 5.41) is 7.71. The first-order valence-corrected chi connectivity index (χ1v) is 9.44. The van der Waals surface area contributed by atoms with Gasteiger partial charge in [-0.15, -0.1) is 0 Å². The lowest BCUT2D eigenvalue weighted by molar-refractivity contribution is 0.0955. The van der Waals surface area contributed by atoms with Gasteiger partial charge in [0.25, 0.3) is 11.5 Å². The number of carbonyl (C=O) groups excluding carboxylic acids is 1. The molecule has 7 nitrogen and oxygen atoms in total. The van der Waals surface area contributed by atoms with E-state index in [4.69, 9.17) is 0 Å². The molecule has 0 radical (unpaired) electrons. The fraction of sp³-hybridized carbons (Fsp3) is 0.100. The number of amides is 1. The maximum absolute atomic E-state index is 12.9. The van der Waals surface area contributed by atoms with E-state index in [-0.39, 0.29) is 11.5 Å². The number of thiazole rings is 1. The van der Waals surface area contributed by atoms with Crippen LogP contribution in [0.25, 0.3) is 15.3 Å². The van der Waals surface area contributed by atoms with Crippen LogP contribution in [0, 0.1) is 6.92 Å². The summed E-state index contributed by atoms with van der Waals surface area (Å²) >= 11 is 1.42. The molecule has 0 bridgehead atoms. The Balaban J connectivity index is 1.65. The number of nitrogens with one attached hydrogen (secondary N) is 2. The van der Waals surface area contributed by atoms with E-state index in [1.807, 2.05) is 30.3 Å². The minimum absolute atomic E-state index is 0.258. The van der Waals surface area contributed by atoms with Gasteiger partial charge in [-0.2, -0.15) is 9.78 Å². The van der Waals surface area contributed by atoms with Gasteiger partial charge < -0.3 is 0 Å². The molecule has 0 saturated heterocycles. The van der Waals surface area contributed by atoms with Crippen LogP contribution >= 0.6 is 11.3 Å². The number of aryl methyl sites for hydroxylation is 1. The standard InChI is InChI=1S/C20H17N5O2S/c1-12(22-23-18(26)14-8-4-3-5-9-14)17-13(2)24-25(19(17)27)20-21-15-10-6-7-11-16(15)28-20/h3-11,24H,1-2H3,(H,23,26). The summed E-state index contributed by atoms with van der Waals surface area (Å²) in [5.74, 6) is -0.334. The lowest BCUT2D eigenvalue weighted by Crippen LogP contribution is -2.23. The Bertz CT molecular complexity index is 1220. The Kier molecular flexibility index (Phi) is 4.62. The molecular weight excluding hydrogens is 374 g/mol. The van der Waals surface area contributed by atoms with Gasteiger partial charge in [0.05, 0.1) is 21.5 Å². The van der Waals surface area contributed by atoms with Gasteiger partial charge in [0.2, 0.25) is 5.13 Å². The van der Waals surface area contributed by atoms with E-state index in [0.717, 1.165) is 10.2 Å². The zero-order valence-corrected chi connectivity index (χ0v) is 16.1. The molecule has 2 heterocycles. The van der Waals surface area contributed by atoms with E-state index in [9.17, 15) is 9.59 Å². The zero-order chi connectivity index (χ0) is 19.7. The summed E-state index contributed by atoms with van der Waals surface area (Å²) in [6.07, 6.45) is 0. The third-order valence-electron chi connectivity index (χ3n) is 4.27. The Labute approximate surface area is 164 Å². The average Bonchev–Trinajstić information content (AvgIpc) is 3.27. The van der Waals surface area contributed by atoms with Crippen molar-refractivity contribution in [2.45, 2.75) is 13.8 Å². The van der Waals surface area contributed by atoms with Crippen LogP contribution in [0.2, 0.25) is 0 Å². The number of hydrogen-bond donors (Lipinski definition) is 2. The molecule has 4 rings (SSSR count). The molecule has 0 unspecified atom stereocenters. The Morgan fingerprint density at radius 2 is 1.86 bits per heavy atom. The summed E-state index contributed by atoms with van der Waals surface area (Å²) in [6, 6.07) is 16.5. The highest BCUT2D eigenvalue weighted by molar-refractivity contribution is 7.20. The third kappa shape index (κ3) is 3.25. The fourth-order valence-electron chi connectivity index (χ4n) is 2.91. The van der Waals surface area contributed by atoms with Crippen molar-refractivity contribution >= 4 is 33.2 Å². The van der Waals surface area contributed by atoms with Crippen molar-refractivity contribution in [3.63, 3.8) is 0 Å². The van der Waals surface area contributed by atoms with Gasteiger partial charge in [0.1, 0.15) is 0 Å². The van der Waals surface area contributed by atoms with Crippen molar-refractivity contribution in [3.8, 4) is 5.13 Å². The predicted octanol–water partition coefficient (Wildman–Crippen LogP) is 3.24. The lowest BCUT2D eigenvalue weighted by Gasteiger charge is -2.01. The monoisotopic (exact) mass is 391 g/mol. The number of nitrogens with zero attached hydrogens (tertiary/aromatic N) is 3. The fourth-order valence-corrected chi connectivity index (χ4v) is 3.83. The highest BCUT2D eigenvalue weighted by Crippen LogP contribution is 2.23. The second-order valence-corrected chi connectivity index (χ2v) is 7.23. The number of hydrazone groups is 1. The molecular formula is C20H17N5O2S. The van der Waals surface area contributed by atoms with E-state index in [1.54, 1.807) is 38.1 Å². The largest absolute Gasteiger partial charge is 0.293 e. The zero-order valence-electron chi connectivity index (χ0n) is 15.3. The smallest absolute Gasteiger partial charge is 0.282 e. The maximum Gasteiger partial charge on any atom is 0.282 e. The minimum Gasteiger partial charge on any atom is -0.293 e. The van der Waals surface area contributed by atoms with Crippen LogP contribution in [-0.4, -0.2) is 26.4 Å². The van der Waals surface area contributed by atoms with Crippen LogP contribution in [0.5, 0.6) is 0 Å². The molecule has 0 fully saturated rings.